The molecule has 20 heavy (non-hydrogen) atoms. The number of hydrogen-bond donors (Lipinski definition) is 0. The maximum Gasteiger partial charge on any atom is 0.226 e. The van der Waals surface area contributed by atoms with Gasteiger partial charge >= 0.3 is 0 Å². The molecule has 0 aromatic carbocycles. The fourth-order valence-electron chi connectivity index (χ4n) is 2.45. The summed E-state index contributed by atoms with van der Waals surface area (Å²) in [5.41, 5.74) is 0.864. The molecule has 5 nitrogen and oxygen atoms in total. The molecule has 1 aliphatic heterocycles. The molecule has 2 rings (SSSR count). The lowest BCUT2D eigenvalue weighted by Gasteiger charge is -2.33. The number of amides is 2. The lowest BCUT2D eigenvalue weighted by molar-refractivity contribution is -0.144. The van der Waals surface area contributed by atoms with Crippen LogP contribution in [0.1, 0.15) is 31.5 Å². The molecule has 2 unspecified atom stereocenters. The van der Waals surface area contributed by atoms with Crippen LogP contribution in [0.25, 0.3) is 0 Å². The van der Waals surface area contributed by atoms with Gasteiger partial charge in [0.25, 0.3) is 0 Å². The number of likely N-dealkylation sites (tertiary alicyclic amines) is 1. The SMILES string of the molecule is CC(c1ccccn1)N(C)C(=O)C1CCN(C)C(=O)C1. The van der Waals surface area contributed by atoms with Gasteiger partial charge in [-0.1, -0.05) is 6.07 Å². The second-order valence-electron chi connectivity index (χ2n) is 5.38. The average Bonchev–Trinajstić information content (AvgIpc) is 2.48. The number of nitrogens with zero attached hydrogens (tertiary/aromatic N) is 3. The number of piperidine rings is 1. The van der Waals surface area contributed by atoms with E-state index in [9.17, 15) is 9.59 Å². The van der Waals surface area contributed by atoms with E-state index >= 15 is 0 Å². The van der Waals surface area contributed by atoms with Crippen molar-refractivity contribution in [2.75, 3.05) is 20.6 Å². The van der Waals surface area contributed by atoms with Crippen molar-refractivity contribution in [2.45, 2.75) is 25.8 Å². The van der Waals surface area contributed by atoms with Crippen LogP contribution >= 0.6 is 0 Å². The molecular formula is C15H21N3O2. The van der Waals surface area contributed by atoms with E-state index < -0.39 is 0 Å². The number of hydrogen-bond acceptors (Lipinski definition) is 3. The molecule has 0 spiro atoms. The Bertz CT molecular complexity index is 489. The molecule has 1 fully saturated rings. The standard InChI is InChI=1S/C15H21N3O2/c1-11(13-6-4-5-8-16-13)18(3)15(20)12-7-9-17(2)14(19)10-12/h4-6,8,11-12H,7,9-10H2,1-3H3. The first kappa shape index (κ1) is 14.5. The van der Waals surface area contributed by atoms with Gasteiger partial charge in [-0.05, 0) is 25.5 Å². The minimum Gasteiger partial charge on any atom is -0.346 e. The summed E-state index contributed by atoms with van der Waals surface area (Å²) in [5, 5.41) is 0. The van der Waals surface area contributed by atoms with E-state index in [0.717, 1.165) is 12.1 Å². The molecule has 1 aromatic rings. The van der Waals surface area contributed by atoms with Crippen LogP contribution in [0.4, 0.5) is 0 Å². The van der Waals surface area contributed by atoms with E-state index in [1.165, 1.54) is 0 Å². The molecule has 2 heterocycles. The molecule has 0 aliphatic carbocycles. The van der Waals surface area contributed by atoms with Gasteiger partial charge in [-0.2, -0.15) is 0 Å². The molecule has 0 bridgehead atoms. The second kappa shape index (κ2) is 6.03. The Morgan fingerprint density at radius 1 is 1.50 bits per heavy atom. The predicted molar refractivity (Wildman–Crippen MR) is 75.8 cm³/mol. The lowest BCUT2D eigenvalue weighted by atomic mass is 9.94. The first-order valence-electron chi connectivity index (χ1n) is 6.92. The van der Waals surface area contributed by atoms with Crippen molar-refractivity contribution in [3.8, 4) is 0 Å². The van der Waals surface area contributed by atoms with Crippen molar-refractivity contribution < 1.29 is 9.59 Å². The maximum absolute atomic E-state index is 12.5. The van der Waals surface area contributed by atoms with E-state index in [-0.39, 0.29) is 23.8 Å². The zero-order valence-corrected chi connectivity index (χ0v) is 12.2. The van der Waals surface area contributed by atoms with Crippen molar-refractivity contribution in [2.24, 2.45) is 5.92 Å². The van der Waals surface area contributed by atoms with E-state index in [0.29, 0.717) is 13.0 Å². The normalized spacial score (nSPS) is 20.6. The molecule has 108 valence electrons. The lowest BCUT2D eigenvalue weighted by Crippen LogP contribution is -2.43. The van der Waals surface area contributed by atoms with E-state index in [1.807, 2.05) is 25.1 Å². The summed E-state index contributed by atoms with van der Waals surface area (Å²) in [7, 11) is 3.56. The fourth-order valence-corrected chi connectivity index (χ4v) is 2.45. The second-order valence-corrected chi connectivity index (χ2v) is 5.38. The number of carbonyl (C=O) groups is 2. The summed E-state index contributed by atoms with van der Waals surface area (Å²) in [5.74, 6) is -0.118. The summed E-state index contributed by atoms with van der Waals surface area (Å²) in [6.45, 7) is 2.61. The molecule has 0 radical (unpaired) electrons. The van der Waals surface area contributed by atoms with Gasteiger partial charge in [-0.15, -0.1) is 0 Å². The van der Waals surface area contributed by atoms with Crippen molar-refractivity contribution in [3.05, 3.63) is 30.1 Å². The summed E-state index contributed by atoms with van der Waals surface area (Å²) in [4.78, 5) is 31.9. The average molecular weight is 275 g/mol. The summed E-state index contributed by atoms with van der Waals surface area (Å²) in [6.07, 6.45) is 2.78. The third kappa shape index (κ3) is 2.98. The van der Waals surface area contributed by atoms with Gasteiger partial charge in [0.2, 0.25) is 11.8 Å². The Hall–Kier alpha value is -1.91. The summed E-state index contributed by atoms with van der Waals surface area (Å²) < 4.78 is 0. The van der Waals surface area contributed by atoms with Gasteiger partial charge in [-0.25, -0.2) is 0 Å². The van der Waals surface area contributed by atoms with E-state index in [4.69, 9.17) is 0 Å². The minimum absolute atomic E-state index is 0.0320. The Kier molecular flexibility index (Phi) is 4.37. The van der Waals surface area contributed by atoms with Crippen LogP contribution in [-0.4, -0.2) is 47.2 Å². The summed E-state index contributed by atoms with van der Waals surface area (Å²) >= 11 is 0. The Labute approximate surface area is 119 Å². The molecule has 5 heteroatoms. The van der Waals surface area contributed by atoms with Gasteiger partial charge < -0.3 is 9.80 Å². The van der Waals surface area contributed by atoms with E-state index in [2.05, 4.69) is 4.98 Å². The highest BCUT2D eigenvalue weighted by Crippen LogP contribution is 2.24. The fraction of sp³-hybridized carbons (Fsp3) is 0.533. The Morgan fingerprint density at radius 3 is 2.85 bits per heavy atom. The Morgan fingerprint density at radius 2 is 2.25 bits per heavy atom. The Balaban J connectivity index is 2.03. The van der Waals surface area contributed by atoms with E-state index in [1.54, 1.807) is 30.1 Å². The maximum atomic E-state index is 12.5. The van der Waals surface area contributed by atoms with Gasteiger partial charge in [0, 0.05) is 39.2 Å². The predicted octanol–water partition coefficient (Wildman–Crippen LogP) is 1.47. The topological polar surface area (TPSA) is 53.5 Å². The number of rotatable bonds is 3. The van der Waals surface area contributed by atoms with Crippen LogP contribution in [0.2, 0.25) is 0 Å². The quantitative estimate of drug-likeness (QED) is 0.839. The molecule has 2 atom stereocenters. The smallest absolute Gasteiger partial charge is 0.226 e. The zero-order valence-electron chi connectivity index (χ0n) is 12.2. The van der Waals surface area contributed by atoms with Crippen LogP contribution in [0, 0.1) is 5.92 Å². The van der Waals surface area contributed by atoms with Gasteiger partial charge in [0.15, 0.2) is 0 Å². The van der Waals surface area contributed by atoms with Crippen LogP contribution < -0.4 is 0 Å². The molecule has 2 amide bonds. The van der Waals surface area contributed by atoms with Crippen LogP contribution in [-0.2, 0) is 9.59 Å². The van der Waals surface area contributed by atoms with Crippen LogP contribution in [0.5, 0.6) is 0 Å². The largest absolute Gasteiger partial charge is 0.346 e. The highest BCUT2D eigenvalue weighted by atomic mass is 16.2. The van der Waals surface area contributed by atoms with Crippen molar-refractivity contribution in [1.82, 2.24) is 14.8 Å². The highest BCUT2D eigenvalue weighted by molar-refractivity contribution is 5.86. The third-order valence-electron chi connectivity index (χ3n) is 4.05. The first-order chi connectivity index (χ1) is 9.50. The molecule has 1 aromatic heterocycles. The van der Waals surface area contributed by atoms with Gasteiger partial charge in [0.1, 0.15) is 0 Å². The van der Waals surface area contributed by atoms with Gasteiger partial charge in [-0.3, -0.25) is 14.6 Å². The first-order valence-corrected chi connectivity index (χ1v) is 6.92. The summed E-state index contributed by atoms with van der Waals surface area (Å²) in [6, 6.07) is 5.59. The number of pyridine rings is 1. The van der Waals surface area contributed by atoms with Crippen molar-refractivity contribution in [3.63, 3.8) is 0 Å². The molecular weight excluding hydrogens is 254 g/mol. The molecule has 0 saturated carbocycles. The zero-order chi connectivity index (χ0) is 14.7. The minimum atomic E-state index is -0.199. The van der Waals surface area contributed by atoms with Crippen molar-refractivity contribution in [1.29, 1.82) is 0 Å². The molecule has 0 N–H and O–H groups in total. The van der Waals surface area contributed by atoms with Crippen LogP contribution in [0.3, 0.4) is 0 Å². The van der Waals surface area contributed by atoms with Crippen LogP contribution in [0.15, 0.2) is 24.4 Å². The highest BCUT2D eigenvalue weighted by Gasteiger charge is 2.32. The monoisotopic (exact) mass is 275 g/mol. The third-order valence-corrected chi connectivity index (χ3v) is 4.05. The van der Waals surface area contributed by atoms with Gasteiger partial charge in [0.05, 0.1) is 11.7 Å². The number of carbonyl (C=O) groups excluding carboxylic acids is 2. The molecule has 1 aliphatic rings. The number of aromatic nitrogens is 1. The van der Waals surface area contributed by atoms with Crippen molar-refractivity contribution >= 4 is 11.8 Å². The molecule has 1 saturated heterocycles.